The first-order chi connectivity index (χ1) is 11.4. The van der Waals surface area contributed by atoms with Gasteiger partial charge in [0.25, 0.3) is 0 Å². The molecule has 0 atom stereocenters. The van der Waals surface area contributed by atoms with Crippen molar-refractivity contribution in [3.05, 3.63) is 30.1 Å². The standard InChI is InChI=1S/C15H18FN5O2S/c1-9(2)17-14(23)18-12(22)8-24-15-20-19-13(21(15)3)10-6-4-5-7-11(10)16/h4-7,9H,8H2,1-3H3,(H2,17,18,22,23). The van der Waals surface area contributed by atoms with Crippen molar-refractivity contribution >= 4 is 23.7 Å². The first kappa shape index (κ1) is 17.9. The fourth-order valence-electron chi connectivity index (χ4n) is 1.91. The molecular formula is C15H18FN5O2S. The number of rotatable bonds is 5. The minimum absolute atomic E-state index is 0.00520. The van der Waals surface area contributed by atoms with E-state index in [0.717, 1.165) is 11.8 Å². The highest BCUT2D eigenvalue weighted by molar-refractivity contribution is 7.99. The number of nitrogens with zero attached hydrogens (tertiary/aromatic N) is 3. The van der Waals surface area contributed by atoms with Crippen molar-refractivity contribution in [1.29, 1.82) is 0 Å². The Labute approximate surface area is 143 Å². The molecule has 0 aliphatic carbocycles. The number of urea groups is 1. The van der Waals surface area contributed by atoms with E-state index >= 15 is 0 Å². The van der Waals surface area contributed by atoms with Crippen LogP contribution in [0.3, 0.4) is 0 Å². The molecule has 2 rings (SSSR count). The number of nitrogens with one attached hydrogen (secondary N) is 2. The molecule has 0 radical (unpaired) electrons. The lowest BCUT2D eigenvalue weighted by molar-refractivity contribution is -0.117. The molecule has 1 aromatic heterocycles. The van der Waals surface area contributed by atoms with Gasteiger partial charge >= 0.3 is 6.03 Å². The molecular weight excluding hydrogens is 333 g/mol. The van der Waals surface area contributed by atoms with Crippen LogP contribution in [0, 0.1) is 5.82 Å². The molecule has 0 aliphatic rings. The summed E-state index contributed by atoms with van der Waals surface area (Å²) in [4.78, 5) is 23.2. The van der Waals surface area contributed by atoms with Crippen molar-refractivity contribution in [1.82, 2.24) is 25.4 Å². The molecule has 0 bridgehead atoms. The highest BCUT2D eigenvalue weighted by Crippen LogP contribution is 2.24. The third kappa shape index (κ3) is 4.54. The van der Waals surface area contributed by atoms with Gasteiger partial charge in [0.2, 0.25) is 5.91 Å². The largest absolute Gasteiger partial charge is 0.336 e. The second-order valence-electron chi connectivity index (χ2n) is 5.31. The van der Waals surface area contributed by atoms with Crippen LogP contribution in [0.1, 0.15) is 13.8 Å². The topological polar surface area (TPSA) is 88.9 Å². The normalized spacial score (nSPS) is 10.7. The van der Waals surface area contributed by atoms with Crippen LogP contribution in [0.25, 0.3) is 11.4 Å². The van der Waals surface area contributed by atoms with Gasteiger partial charge in [-0.25, -0.2) is 9.18 Å². The summed E-state index contributed by atoms with van der Waals surface area (Å²) in [6.45, 7) is 3.59. The van der Waals surface area contributed by atoms with Crippen LogP contribution in [-0.2, 0) is 11.8 Å². The molecule has 7 nitrogen and oxygen atoms in total. The number of benzene rings is 1. The molecule has 0 saturated heterocycles. The second-order valence-corrected chi connectivity index (χ2v) is 6.25. The van der Waals surface area contributed by atoms with Crippen molar-refractivity contribution < 1.29 is 14.0 Å². The lowest BCUT2D eigenvalue weighted by atomic mass is 10.2. The minimum atomic E-state index is -0.541. The van der Waals surface area contributed by atoms with Crippen LogP contribution in [0.5, 0.6) is 0 Å². The average molecular weight is 351 g/mol. The first-order valence-electron chi connectivity index (χ1n) is 7.26. The molecule has 0 aliphatic heterocycles. The Morgan fingerprint density at radius 1 is 1.29 bits per heavy atom. The SMILES string of the molecule is CC(C)NC(=O)NC(=O)CSc1nnc(-c2ccccc2F)n1C. The zero-order valence-electron chi connectivity index (χ0n) is 13.5. The summed E-state index contributed by atoms with van der Waals surface area (Å²) < 4.78 is 15.4. The maximum absolute atomic E-state index is 13.8. The monoisotopic (exact) mass is 351 g/mol. The summed E-state index contributed by atoms with van der Waals surface area (Å²) in [5.74, 6) is -0.482. The number of carbonyl (C=O) groups excluding carboxylic acids is 2. The molecule has 0 spiro atoms. The van der Waals surface area contributed by atoms with Gasteiger partial charge in [-0.05, 0) is 26.0 Å². The van der Waals surface area contributed by atoms with Crippen molar-refractivity contribution in [2.75, 3.05) is 5.75 Å². The first-order valence-corrected chi connectivity index (χ1v) is 8.24. The van der Waals surface area contributed by atoms with Crippen LogP contribution in [0.4, 0.5) is 9.18 Å². The highest BCUT2D eigenvalue weighted by Gasteiger charge is 2.16. The zero-order valence-corrected chi connectivity index (χ0v) is 14.4. The molecule has 2 N–H and O–H groups in total. The summed E-state index contributed by atoms with van der Waals surface area (Å²) >= 11 is 1.11. The van der Waals surface area contributed by atoms with Gasteiger partial charge in [0, 0.05) is 13.1 Å². The minimum Gasteiger partial charge on any atom is -0.336 e. The smallest absolute Gasteiger partial charge is 0.321 e. The second kappa shape index (κ2) is 7.91. The summed E-state index contributed by atoms with van der Waals surface area (Å²) in [6, 6.07) is 5.65. The Morgan fingerprint density at radius 2 is 2.00 bits per heavy atom. The number of carbonyl (C=O) groups is 2. The molecule has 3 amide bonds. The van der Waals surface area contributed by atoms with Crippen LogP contribution in [-0.4, -0.2) is 38.5 Å². The van der Waals surface area contributed by atoms with E-state index in [0.29, 0.717) is 16.5 Å². The van der Waals surface area contributed by atoms with Gasteiger partial charge in [0.05, 0.1) is 11.3 Å². The van der Waals surface area contributed by atoms with E-state index in [2.05, 4.69) is 20.8 Å². The Morgan fingerprint density at radius 3 is 2.67 bits per heavy atom. The van der Waals surface area contributed by atoms with Crippen LogP contribution >= 0.6 is 11.8 Å². The predicted octanol–water partition coefficient (Wildman–Crippen LogP) is 1.95. The van der Waals surface area contributed by atoms with Gasteiger partial charge in [-0.3, -0.25) is 10.1 Å². The van der Waals surface area contributed by atoms with Crippen molar-refractivity contribution in [3.8, 4) is 11.4 Å². The van der Waals surface area contributed by atoms with Gasteiger partial charge in [-0.2, -0.15) is 0 Å². The third-order valence-electron chi connectivity index (χ3n) is 2.95. The fourth-order valence-corrected chi connectivity index (χ4v) is 2.62. The Balaban J connectivity index is 1.99. The van der Waals surface area contributed by atoms with Crippen LogP contribution < -0.4 is 10.6 Å². The van der Waals surface area contributed by atoms with Gasteiger partial charge in [-0.1, -0.05) is 23.9 Å². The Hall–Kier alpha value is -2.42. The number of amides is 3. The van der Waals surface area contributed by atoms with Crippen LogP contribution in [0.2, 0.25) is 0 Å². The van der Waals surface area contributed by atoms with E-state index < -0.39 is 17.8 Å². The predicted molar refractivity (Wildman–Crippen MR) is 88.9 cm³/mol. The van der Waals surface area contributed by atoms with Gasteiger partial charge in [0.15, 0.2) is 11.0 Å². The lowest BCUT2D eigenvalue weighted by Crippen LogP contribution is -2.43. The van der Waals surface area contributed by atoms with Crippen molar-refractivity contribution in [2.45, 2.75) is 25.0 Å². The maximum atomic E-state index is 13.8. The summed E-state index contributed by atoms with van der Waals surface area (Å²) in [5.41, 5.74) is 0.333. The molecule has 0 fully saturated rings. The van der Waals surface area contributed by atoms with E-state index in [1.165, 1.54) is 6.07 Å². The Bertz CT molecular complexity index is 747. The third-order valence-corrected chi connectivity index (χ3v) is 3.97. The van der Waals surface area contributed by atoms with Crippen molar-refractivity contribution in [2.24, 2.45) is 7.05 Å². The molecule has 128 valence electrons. The molecule has 9 heteroatoms. The fraction of sp³-hybridized carbons (Fsp3) is 0.333. The molecule has 2 aromatic rings. The van der Waals surface area contributed by atoms with E-state index in [9.17, 15) is 14.0 Å². The number of imide groups is 1. The van der Waals surface area contributed by atoms with E-state index in [1.807, 2.05) is 0 Å². The maximum Gasteiger partial charge on any atom is 0.321 e. The molecule has 0 saturated carbocycles. The number of hydrogen-bond donors (Lipinski definition) is 2. The van der Waals surface area contributed by atoms with Crippen LogP contribution in [0.15, 0.2) is 29.4 Å². The summed E-state index contributed by atoms with van der Waals surface area (Å²) in [5, 5.41) is 13.2. The molecule has 1 heterocycles. The van der Waals surface area contributed by atoms with Gasteiger partial charge < -0.3 is 9.88 Å². The average Bonchev–Trinajstić information content (AvgIpc) is 2.85. The van der Waals surface area contributed by atoms with Crippen molar-refractivity contribution in [3.63, 3.8) is 0 Å². The number of thioether (sulfide) groups is 1. The molecule has 1 aromatic carbocycles. The van der Waals surface area contributed by atoms with E-state index in [1.54, 1.807) is 43.7 Å². The highest BCUT2D eigenvalue weighted by atomic mass is 32.2. The van der Waals surface area contributed by atoms with E-state index in [4.69, 9.17) is 0 Å². The molecule has 0 unspecified atom stereocenters. The number of halogens is 1. The summed E-state index contributed by atoms with van der Waals surface area (Å²) in [7, 11) is 1.69. The van der Waals surface area contributed by atoms with Gasteiger partial charge in [0.1, 0.15) is 5.82 Å². The molecule has 24 heavy (non-hydrogen) atoms. The lowest BCUT2D eigenvalue weighted by Gasteiger charge is -2.09. The number of aromatic nitrogens is 3. The quantitative estimate of drug-likeness (QED) is 0.804. The number of hydrogen-bond acceptors (Lipinski definition) is 5. The van der Waals surface area contributed by atoms with E-state index in [-0.39, 0.29) is 11.8 Å². The van der Waals surface area contributed by atoms with Gasteiger partial charge in [-0.15, -0.1) is 10.2 Å². The summed E-state index contributed by atoms with van der Waals surface area (Å²) in [6.07, 6.45) is 0. The zero-order chi connectivity index (χ0) is 17.7. The Kier molecular flexibility index (Phi) is 5.91.